The van der Waals surface area contributed by atoms with Crippen molar-refractivity contribution in [2.75, 3.05) is 5.32 Å². The number of amides is 1. The summed E-state index contributed by atoms with van der Waals surface area (Å²) in [4.78, 5) is 12.0. The number of anilines is 1. The average Bonchev–Trinajstić information content (AvgIpc) is 2.41. The van der Waals surface area contributed by atoms with Crippen LogP contribution in [0.3, 0.4) is 0 Å². The van der Waals surface area contributed by atoms with Gasteiger partial charge in [-0.25, -0.2) is 0 Å². The predicted molar refractivity (Wildman–Crippen MR) is 72.2 cm³/mol. The number of alkyl halides is 3. The number of phenols is 1. The monoisotopic (exact) mass is 295 g/mol. The molecule has 1 amide bonds. The topological polar surface area (TPSA) is 49.3 Å². The van der Waals surface area contributed by atoms with E-state index in [9.17, 15) is 23.1 Å². The van der Waals surface area contributed by atoms with Crippen molar-refractivity contribution in [2.24, 2.45) is 0 Å². The third-order valence-electron chi connectivity index (χ3n) is 2.87. The van der Waals surface area contributed by atoms with E-state index in [4.69, 9.17) is 0 Å². The van der Waals surface area contributed by atoms with Gasteiger partial charge in [0.2, 0.25) is 0 Å². The van der Waals surface area contributed by atoms with Crippen molar-refractivity contribution in [1.82, 2.24) is 0 Å². The highest BCUT2D eigenvalue weighted by molar-refractivity contribution is 6.06. The van der Waals surface area contributed by atoms with Gasteiger partial charge >= 0.3 is 6.18 Å². The van der Waals surface area contributed by atoms with Gasteiger partial charge in [-0.1, -0.05) is 11.6 Å². The summed E-state index contributed by atoms with van der Waals surface area (Å²) in [5, 5.41) is 12.1. The first-order valence-electron chi connectivity index (χ1n) is 6.05. The van der Waals surface area contributed by atoms with Crippen molar-refractivity contribution in [3.63, 3.8) is 0 Å². The van der Waals surface area contributed by atoms with Gasteiger partial charge in [0.05, 0.1) is 11.1 Å². The molecule has 0 unspecified atom stereocenters. The molecule has 0 atom stereocenters. The highest BCUT2D eigenvalue weighted by atomic mass is 19.4. The minimum Gasteiger partial charge on any atom is -0.507 e. The van der Waals surface area contributed by atoms with Gasteiger partial charge < -0.3 is 10.4 Å². The lowest BCUT2D eigenvalue weighted by Gasteiger charge is -2.10. The van der Waals surface area contributed by atoms with Crippen LogP contribution >= 0.6 is 0 Å². The van der Waals surface area contributed by atoms with Crippen LogP contribution in [-0.4, -0.2) is 11.0 Å². The summed E-state index contributed by atoms with van der Waals surface area (Å²) >= 11 is 0. The van der Waals surface area contributed by atoms with Crippen LogP contribution in [0.2, 0.25) is 0 Å². The fourth-order valence-electron chi connectivity index (χ4n) is 1.77. The minimum absolute atomic E-state index is 0.0647. The molecule has 0 saturated heterocycles. The van der Waals surface area contributed by atoms with E-state index in [1.54, 1.807) is 13.0 Å². The van der Waals surface area contributed by atoms with E-state index in [2.05, 4.69) is 5.32 Å². The van der Waals surface area contributed by atoms with Crippen LogP contribution in [-0.2, 0) is 6.18 Å². The minimum atomic E-state index is -4.42. The van der Waals surface area contributed by atoms with Crippen LogP contribution in [0.4, 0.5) is 18.9 Å². The standard InChI is InChI=1S/C15H12F3NO2/c1-9-2-7-13(20)12(8-9)14(21)19-11-5-3-10(4-6-11)15(16,17)18/h2-8,20H,1H3,(H,19,21). The third kappa shape index (κ3) is 3.53. The summed E-state index contributed by atoms with van der Waals surface area (Å²) in [6, 6.07) is 8.61. The summed E-state index contributed by atoms with van der Waals surface area (Å²) in [5.41, 5.74) is 0.271. The first kappa shape index (κ1) is 14.9. The summed E-state index contributed by atoms with van der Waals surface area (Å²) in [6.07, 6.45) is -4.42. The largest absolute Gasteiger partial charge is 0.507 e. The van der Waals surface area contributed by atoms with Crippen molar-refractivity contribution in [3.05, 3.63) is 59.2 Å². The Balaban J connectivity index is 2.18. The molecule has 0 bridgehead atoms. The van der Waals surface area contributed by atoms with E-state index < -0.39 is 17.6 Å². The predicted octanol–water partition coefficient (Wildman–Crippen LogP) is 3.97. The van der Waals surface area contributed by atoms with Crippen LogP contribution in [0.1, 0.15) is 21.5 Å². The smallest absolute Gasteiger partial charge is 0.416 e. The summed E-state index contributed by atoms with van der Waals surface area (Å²) in [5.74, 6) is -0.777. The fourth-order valence-corrected chi connectivity index (χ4v) is 1.77. The zero-order valence-corrected chi connectivity index (χ0v) is 11.0. The van der Waals surface area contributed by atoms with Crippen LogP contribution in [0.15, 0.2) is 42.5 Å². The Morgan fingerprint density at radius 3 is 2.29 bits per heavy atom. The molecular weight excluding hydrogens is 283 g/mol. The molecule has 0 aliphatic carbocycles. The van der Waals surface area contributed by atoms with Gasteiger partial charge in [-0.3, -0.25) is 4.79 Å². The number of carbonyl (C=O) groups is 1. The quantitative estimate of drug-likeness (QED) is 0.880. The van der Waals surface area contributed by atoms with Crippen molar-refractivity contribution in [3.8, 4) is 5.75 Å². The lowest BCUT2D eigenvalue weighted by molar-refractivity contribution is -0.137. The van der Waals surface area contributed by atoms with Crippen LogP contribution in [0.25, 0.3) is 0 Å². The molecule has 6 heteroatoms. The molecule has 0 radical (unpaired) electrons. The van der Waals surface area contributed by atoms with Crippen LogP contribution in [0.5, 0.6) is 5.75 Å². The molecule has 0 aliphatic rings. The third-order valence-corrected chi connectivity index (χ3v) is 2.87. The first-order chi connectivity index (χ1) is 9.77. The summed E-state index contributed by atoms with van der Waals surface area (Å²) < 4.78 is 37.3. The molecule has 3 nitrogen and oxygen atoms in total. The molecule has 0 saturated carbocycles. The van der Waals surface area contributed by atoms with Gasteiger partial charge in [0.25, 0.3) is 5.91 Å². The molecule has 0 spiro atoms. The Hall–Kier alpha value is -2.50. The normalized spacial score (nSPS) is 11.2. The van der Waals surface area contributed by atoms with Gasteiger partial charge in [0.1, 0.15) is 5.75 Å². The van der Waals surface area contributed by atoms with E-state index in [1.165, 1.54) is 12.1 Å². The number of halogens is 3. The molecule has 21 heavy (non-hydrogen) atoms. The second-order valence-corrected chi connectivity index (χ2v) is 4.55. The van der Waals surface area contributed by atoms with E-state index in [-0.39, 0.29) is 17.0 Å². The van der Waals surface area contributed by atoms with E-state index in [0.29, 0.717) is 0 Å². The van der Waals surface area contributed by atoms with E-state index >= 15 is 0 Å². The lowest BCUT2D eigenvalue weighted by atomic mass is 10.1. The SMILES string of the molecule is Cc1ccc(O)c(C(=O)Nc2ccc(C(F)(F)F)cc2)c1. The number of phenolic OH excluding ortho intramolecular Hbond substituents is 1. The zero-order valence-electron chi connectivity index (χ0n) is 11.0. The molecule has 0 heterocycles. The molecule has 2 aromatic carbocycles. The summed E-state index contributed by atoms with van der Waals surface area (Å²) in [7, 11) is 0. The lowest BCUT2D eigenvalue weighted by Crippen LogP contribution is -2.12. The molecule has 110 valence electrons. The van der Waals surface area contributed by atoms with Crippen molar-refractivity contribution >= 4 is 11.6 Å². The summed E-state index contributed by atoms with van der Waals surface area (Å²) in [6.45, 7) is 1.76. The van der Waals surface area contributed by atoms with Crippen LogP contribution in [0, 0.1) is 6.92 Å². The maximum atomic E-state index is 12.4. The zero-order chi connectivity index (χ0) is 15.6. The highest BCUT2D eigenvalue weighted by Gasteiger charge is 2.30. The van der Waals surface area contributed by atoms with Crippen molar-refractivity contribution in [1.29, 1.82) is 0 Å². The molecule has 2 aromatic rings. The fraction of sp³-hybridized carbons (Fsp3) is 0.133. The highest BCUT2D eigenvalue weighted by Crippen LogP contribution is 2.30. The second-order valence-electron chi connectivity index (χ2n) is 4.55. The number of hydrogen-bond acceptors (Lipinski definition) is 2. The van der Waals surface area contributed by atoms with Crippen molar-refractivity contribution < 1.29 is 23.1 Å². The number of aryl methyl sites for hydroxylation is 1. The Morgan fingerprint density at radius 1 is 1.10 bits per heavy atom. The van der Waals surface area contributed by atoms with Gasteiger partial charge in [-0.05, 0) is 43.3 Å². The van der Waals surface area contributed by atoms with E-state index in [0.717, 1.165) is 29.8 Å². The van der Waals surface area contributed by atoms with E-state index in [1.807, 2.05) is 0 Å². The number of hydrogen-bond donors (Lipinski definition) is 2. The first-order valence-corrected chi connectivity index (χ1v) is 6.05. The number of benzene rings is 2. The Bertz CT molecular complexity index is 664. The molecule has 2 N–H and O–H groups in total. The van der Waals surface area contributed by atoms with Gasteiger partial charge in [-0.2, -0.15) is 13.2 Å². The number of aromatic hydroxyl groups is 1. The number of carbonyl (C=O) groups excluding carboxylic acids is 1. The molecule has 2 rings (SSSR count). The Morgan fingerprint density at radius 2 is 1.71 bits per heavy atom. The maximum Gasteiger partial charge on any atom is 0.416 e. The molecule has 0 fully saturated rings. The van der Waals surface area contributed by atoms with Gasteiger partial charge in [-0.15, -0.1) is 0 Å². The maximum absolute atomic E-state index is 12.4. The van der Waals surface area contributed by atoms with Crippen molar-refractivity contribution in [2.45, 2.75) is 13.1 Å². The second kappa shape index (κ2) is 5.47. The average molecular weight is 295 g/mol. The Labute approximate surface area is 119 Å². The Kier molecular flexibility index (Phi) is 3.88. The van der Waals surface area contributed by atoms with Crippen LogP contribution < -0.4 is 5.32 Å². The number of rotatable bonds is 2. The van der Waals surface area contributed by atoms with Gasteiger partial charge in [0, 0.05) is 5.69 Å². The molecule has 0 aromatic heterocycles. The number of nitrogens with one attached hydrogen (secondary N) is 1. The molecule has 0 aliphatic heterocycles. The van der Waals surface area contributed by atoms with Gasteiger partial charge in [0.15, 0.2) is 0 Å². The molecular formula is C15H12F3NO2.